The van der Waals surface area contributed by atoms with Crippen molar-refractivity contribution < 1.29 is 4.79 Å². The second kappa shape index (κ2) is 7.39. The third-order valence-corrected chi connectivity index (χ3v) is 5.27. The molecule has 1 aliphatic heterocycles. The SMILES string of the molecule is Cc1cc(C(=O)N(C)Cc2ccccc2N2CCCC2)c2ccccc2n1. The molecule has 1 amide bonds. The molecule has 0 bridgehead atoms. The molecular formula is C23H25N3O. The minimum absolute atomic E-state index is 0.0351. The summed E-state index contributed by atoms with van der Waals surface area (Å²) in [6, 6.07) is 18.2. The van der Waals surface area contributed by atoms with Crippen LogP contribution in [0.4, 0.5) is 5.69 Å². The molecule has 4 rings (SSSR count). The normalized spacial score (nSPS) is 13.9. The van der Waals surface area contributed by atoms with Crippen molar-refractivity contribution in [1.29, 1.82) is 0 Å². The third-order valence-electron chi connectivity index (χ3n) is 5.27. The Morgan fingerprint density at radius 1 is 1.07 bits per heavy atom. The monoisotopic (exact) mass is 359 g/mol. The fourth-order valence-corrected chi connectivity index (χ4v) is 3.93. The van der Waals surface area contributed by atoms with Gasteiger partial charge in [0.25, 0.3) is 5.91 Å². The van der Waals surface area contributed by atoms with Crippen LogP contribution in [0.15, 0.2) is 54.6 Å². The van der Waals surface area contributed by atoms with Crippen molar-refractivity contribution in [3.05, 3.63) is 71.4 Å². The van der Waals surface area contributed by atoms with Crippen LogP contribution in [0.2, 0.25) is 0 Å². The zero-order chi connectivity index (χ0) is 18.8. The van der Waals surface area contributed by atoms with Crippen molar-refractivity contribution in [1.82, 2.24) is 9.88 Å². The molecule has 1 fully saturated rings. The summed E-state index contributed by atoms with van der Waals surface area (Å²) in [5, 5.41) is 0.910. The van der Waals surface area contributed by atoms with E-state index in [1.165, 1.54) is 24.1 Å². The Morgan fingerprint density at radius 2 is 1.78 bits per heavy atom. The highest BCUT2D eigenvalue weighted by molar-refractivity contribution is 6.06. The van der Waals surface area contributed by atoms with Crippen molar-refractivity contribution in [3.63, 3.8) is 0 Å². The summed E-state index contributed by atoms with van der Waals surface area (Å²) in [7, 11) is 1.88. The lowest BCUT2D eigenvalue weighted by Crippen LogP contribution is -2.28. The molecule has 0 N–H and O–H groups in total. The summed E-state index contributed by atoms with van der Waals surface area (Å²) < 4.78 is 0. The Morgan fingerprint density at radius 3 is 2.59 bits per heavy atom. The van der Waals surface area contributed by atoms with Crippen LogP contribution >= 0.6 is 0 Å². The van der Waals surface area contributed by atoms with Crippen LogP contribution in [0, 0.1) is 6.92 Å². The van der Waals surface area contributed by atoms with Crippen molar-refractivity contribution >= 4 is 22.5 Å². The highest BCUT2D eigenvalue weighted by Gasteiger charge is 2.20. The van der Waals surface area contributed by atoms with Gasteiger partial charge in [0.2, 0.25) is 0 Å². The minimum atomic E-state index is 0.0351. The van der Waals surface area contributed by atoms with Crippen molar-refractivity contribution in [2.24, 2.45) is 0 Å². The van der Waals surface area contributed by atoms with Gasteiger partial charge in [-0.15, -0.1) is 0 Å². The number of amides is 1. The molecule has 0 radical (unpaired) electrons. The molecule has 2 aromatic carbocycles. The second-order valence-corrected chi connectivity index (χ2v) is 7.31. The van der Waals surface area contributed by atoms with E-state index >= 15 is 0 Å². The van der Waals surface area contributed by atoms with E-state index in [1.54, 1.807) is 0 Å². The quantitative estimate of drug-likeness (QED) is 0.692. The largest absolute Gasteiger partial charge is 0.371 e. The third kappa shape index (κ3) is 3.52. The smallest absolute Gasteiger partial charge is 0.254 e. The van der Waals surface area contributed by atoms with Crippen LogP contribution in [0.25, 0.3) is 10.9 Å². The lowest BCUT2D eigenvalue weighted by molar-refractivity contribution is 0.0787. The highest BCUT2D eigenvalue weighted by Crippen LogP contribution is 2.26. The van der Waals surface area contributed by atoms with Crippen LogP contribution in [0.5, 0.6) is 0 Å². The first-order valence-electron chi connectivity index (χ1n) is 9.58. The number of fused-ring (bicyclic) bond motifs is 1. The number of pyridine rings is 1. The molecule has 27 heavy (non-hydrogen) atoms. The molecule has 138 valence electrons. The van der Waals surface area contributed by atoms with Gasteiger partial charge in [0, 0.05) is 43.4 Å². The molecular weight excluding hydrogens is 334 g/mol. The van der Waals surface area contributed by atoms with E-state index in [0.29, 0.717) is 6.54 Å². The first-order valence-corrected chi connectivity index (χ1v) is 9.58. The Kier molecular flexibility index (Phi) is 4.80. The first-order chi connectivity index (χ1) is 13.1. The van der Waals surface area contributed by atoms with Crippen molar-refractivity contribution in [2.75, 3.05) is 25.0 Å². The Bertz CT molecular complexity index is 976. The predicted octanol–water partition coefficient (Wildman–Crippen LogP) is 4.42. The number of para-hydroxylation sites is 2. The summed E-state index contributed by atoms with van der Waals surface area (Å²) in [6.45, 7) is 4.73. The van der Waals surface area contributed by atoms with Crippen LogP contribution in [0.1, 0.15) is 34.5 Å². The van der Waals surface area contributed by atoms with E-state index < -0.39 is 0 Å². The average Bonchev–Trinajstić information content (AvgIpc) is 3.21. The molecule has 0 aliphatic carbocycles. The van der Waals surface area contributed by atoms with Crippen molar-refractivity contribution in [3.8, 4) is 0 Å². The van der Waals surface area contributed by atoms with E-state index in [9.17, 15) is 4.79 Å². The van der Waals surface area contributed by atoms with Crippen LogP contribution in [0.3, 0.4) is 0 Å². The summed E-state index contributed by atoms with van der Waals surface area (Å²) in [5.41, 5.74) is 4.91. The molecule has 0 spiro atoms. The Balaban J connectivity index is 1.63. The second-order valence-electron chi connectivity index (χ2n) is 7.31. The fourth-order valence-electron chi connectivity index (χ4n) is 3.93. The van der Waals surface area contributed by atoms with E-state index in [2.05, 4.69) is 34.1 Å². The lowest BCUT2D eigenvalue weighted by Gasteiger charge is -2.25. The van der Waals surface area contributed by atoms with Gasteiger partial charge in [-0.05, 0) is 43.5 Å². The molecule has 2 heterocycles. The Labute approximate surface area is 160 Å². The summed E-state index contributed by atoms with van der Waals surface area (Å²) in [6.07, 6.45) is 2.48. The van der Waals surface area contributed by atoms with E-state index in [4.69, 9.17) is 0 Å². The number of hydrogen-bond donors (Lipinski definition) is 0. The lowest BCUT2D eigenvalue weighted by atomic mass is 10.1. The maximum atomic E-state index is 13.2. The zero-order valence-electron chi connectivity index (χ0n) is 16.0. The van der Waals surface area contributed by atoms with E-state index in [1.807, 2.05) is 49.2 Å². The topological polar surface area (TPSA) is 36.4 Å². The van der Waals surface area contributed by atoms with Gasteiger partial charge in [0.05, 0.1) is 11.1 Å². The summed E-state index contributed by atoms with van der Waals surface area (Å²) >= 11 is 0. The number of aryl methyl sites for hydroxylation is 1. The number of anilines is 1. The molecule has 4 heteroatoms. The number of aromatic nitrogens is 1. The molecule has 1 saturated heterocycles. The van der Waals surface area contributed by atoms with E-state index in [-0.39, 0.29) is 5.91 Å². The van der Waals surface area contributed by atoms with Crippen LogP contribution in [-0.4, -0.2) is 35.9 Å². The molecule has 4 nitrogen and oxygen atoms in total. The number of rotatable bonds is 4. The molecule has 0 atom stereocenters. The highest BCUT2D eigenvalue weighted by atomic mass is 16.2. The molecule has 1 aromatic heterocycles. The zero-order valence-corrected chi connectivity index (χ0v) is 16.0. The summed E-state index contributed by atoms with van der Waals surface area (Å²) in [4.78, 5) is 22.0. The molecule has 0 saturated carbocycles. The van der Waals surface area contributed by atoms with Gasteiger partial charge in [-0.25, -0.2) is 0 Å². The van der Waals surface area contributed by atoms with Gasteiger partial charge >= 0.3 is 0 Å². The summed E-state index contributed by atoms with van der Waals surface area (Å²) in [5.74, 6) is 0.0351. The molecule has 3 aromatic rings. The van der Waals surface area contributed by atoms with Gasteiger partial charge in [0.15, 0.2) is 0 Å². The number of carbonyl (C=O) groups excluding carboxylic acids is 1. The molecule has 1 aliphatic rings. The van der Waals surface area contributed by atoms with Gasteiger partial charge < -0.3 is 9.80 Å². The van der Waals surface area contributed by atoms with Gasteiger partial charge in [-0.2, -0.15) is 0 Å². The number of hydrogen-bond acceptors (Lipinski definition) is 3. The van der Waals surface area contributed by atoms with Gasteiger partial charge in [0.1, 0.15) is 0 Å². The molecule has 0 unspecified atom stereocenters. The maximum Gasteiger partial charge on any atom is 0.254 e. The van der Waals surface area contributed by atoms with Gasteiger partial charge in [-0.1, -0.05) is 36.4 Å². The number of nitrogens with zero attached hydrogens (tertiary/aromatic N) is 3. The predicted molar refractivity (Wildman–Crippen MR) is 110 cm³/mol. The Hall–Kier alpha value is -2.88. The van der Waals surface area contributed by atoms with Crippen LogP contribution < -0.4 is 4.90 Å². The van der Waals surface area contributed by atoms with E-state index in [0.717, 1.165) is 35.2 Å². The number of carbonyl (C=O) groups is 1. The minimum Gasteiger partial charge on any atom is -0.371 e. The van der Waals surface area contributed by atoms with Crippen LogP contribution in [-0.2, 0) is 6.54 Å². The standard InChI is InChI=1S/C23H25N3O/c1-17-15-20(19-10-4-5-11-21(19)24-17)23(27)25(2)16-18-9-3-6-12-22(18)26-13-7-8-14-26/h3-6,9-12,15H,7-8,13-14,16H2,1-2H3. The van der Waals surface area contributed by atoms with Gasteiger partial charge in [-0.3, -0.25) is 9.78 Å². The fraction of sp³-hybridized carbons (Fsp3) is 0.304. The number of benzene rings is 2. The van der Waals surface area contributed by atoms with Crippen molar-refractivity contribution in [2.45, 2.75) is 26.3 Å². The average molecular weight is 359 g/mol. The first kappa shape index (κ1) is 17.5. The maximum absolute atomic E-state index is 13.2.